The van der Waals surface area contributed by atoms with E-state index in [0.29, 0.717) is 12.2 Å². The van der Waals surface area contributed by atoms with E-state index >= 15 is 0 Å². The number of hydrogen-bond donors (Lipinski definition) is 1. The Balaban J connectivity index is 1.94. The van der Waals surface area contributed by atoms with Crippen LogP contribution in [0, 0.1) is 0 Å². The summed E-state index contributed by atoms with van der Waals surface area (Å²) >= 11 is 0. The zero-order chi connectivity index (χ0) is 16.0. The maximum absolute atomic E-state index is 12.3. The zero-order valence-electron chi connectivity index (χ0n) is 13.3. The number of benzene rings is 1. The zero-order valence-corrected chi connectivity index (χ0v) is 13.3. The molecule has 0 bridgehead atoms. The molecule has 1 aromatic heterocycles. The van der Waals surface area contributed by atoms with Gasteiger partial charge in [-0.05, 0) is 50.3 Å². The van der Waals surface area contributed by atoms with E-state index in [0.717, 1.165) is 49.7 Å². The molecule has 1 N–H and O–H groups in total. The second kappa shape index (κ2) is 5.65. The number of aryl methyl sites for hydroxylation is 2. The molecule has 1 unspecified atom stereocenters. The van der Waals surface area contributed by atoms with E-state index in [4.69, 9.17) is 9.15 Å². The fourth-order valence-electron chi connectivity index (χ4n) is 3.88. The molecule has 0 fully saturated rings. The molecule has 0 spiro atoms. The van der Waals surface area contributed by atoms with E-state index in [1.54, 1.807) is 13.0 Å². The first kappa shape index (κ1) is 14.7. The van der Waals surface area contributed by atoms with Gasteiger partial charge < -0.3 is 19.2 Å². The predicted octanol–water partition coefficient (Wildman–Crippen LogP) is 2.52. The number of aliphatic hydroxyl groups is 1. The Hall–Kier alpha value is -1.85. The first-order valence-electron chi connectivity index (χ1n) is 8.36. The quantitative estimate of drug-likeness (QED) is 0.696. The molecule has 1 atom stereocenters. The van der Waals surface area contributed by atoms with Gasteiger partial charge in [0.2, 0.25) is 0 Å². The smallest absolute Gasteiger partial charge is 0.344 e. The minimum atomic E-state index is -1.23. The Bertz CT molecular complexity index is 809. The van der Waals surface area contributed by atoms with Crippen molar-refractivity contribution in [3.8, 4) is 0 Å². The van der Waals surface area contributed by atoms with Gasteiger partial charge in [-0.2, -0.15) is 0 Å². The molecule has 4 rings (SSSR count). The molecular formula is C18H21NO4. The Kier molecular flexibility index (Phi) is 3.62. The lowest BCUT2D eigenvalue weighted by Crippen LogP contribution is -2.34. The Morgan fingerprint density at radius 3 is 2.87 bits per heavy atom. The third kappa shape index (κ3) is 2.35. The lowest BCUT2D eigenvalue weighted by Gasteiger charge is -2.37. The molecule has 3 heterocycles. The highest BCUT2D eigenvalue weighted by Gasteiger charge is 2.27. The fraction of sp³-hybridized carbons (Fsp3) is 0.500. The van der Waals surface area contributed by atoms with Gasteiger partial charge in [-0.15, -0.1) is 0 Å². The van der Waals surface area contributed by atoms with Crippen molar-refractivity contribution in [2.45, 2.75) is 38.9 Å². The molecule has 0 saturated heterocycles. The van der Waals surface area contributed by atoms with E-state index in [1.165, 1.54) is 11.3 Å². The predicted molar refractivity (Wildman–Crippen MR) is 87.9 cm³/mol. The monoisotopic (exact) mass is 315 g/mol. The number of ether oxygens (including phenoxy) is 1. The van der Waals surface area contributed by atoms with E-state index < -0.39 is 11.9 Å². The van der Waals surface area contributed by atoms with Gasteiger partial charge in [0, 0.05) is 36.3 Å². The van der Waals surface area contributed by atoms with Crippen LogP contribution in [0.15, 0.2) is 21.3 Å². The molecule has 1 aromatic carbocycles. The molecule has 0 aliphatic carbocycles. The van der Waals surface area contributed by atoms with Gasteiger partial charge in [0.05, 0.1) is 5.56 Å². The highest BCUT2D eigenvalue weighted by molar-refractivity contribution is 5.88. The van der Waals surface area contributed by atoms with Crippen LogP contribution in [-0.4, -0.2) is 24.8 Å². The summed E-state index contributed by atoms with van der Waals surface area (Å²) in [5.41, 5.74) is 4.09. The Labute approximate surface area is 134 Å². The van der Waals surface area contributed by atoms with Crippen molar-refractivity contribution in [1.29, 1.82) is 0 Å². The van der Waals surface area contributed by atoms with Crippen molar-refractivity contribution < 1.29 is 14.3 Å². The van der Waals surface area contributed by atoms with Gasteiger partial charge in [0.15, 0.2) is 6.29 Å². The average molecular weight is 315 g/mol. The summed E-state index contributed by atoms with van der Waals surface area (Å²) in [6, 6.07) is 3.84. The van der Waals surface area contributed by atoms with Gasteiger partial charge in [-0.1, -0.05) is 0 Å². The maximum Gasteiger partial charge on any atom is 0.344 e. The van der Waals surface area contributed by atoms with Crippen molar-refractivity contribution >= 4 is 16.7 Å². The minimum Gasteiger partial charge on any atom is -0.422 e. The van der Waals surface area contributed by atoms with Gasteiger partial charge in [0.1, 0.15) is 5.58 Å². The van der Waals surface area contributed by atoms with Crippen molar-refractivity contribution in [3.63, 3.8) is 0 Å². The van der Waals surface area contributed by atoms with Crippen LogP contribution in [0.2, 0.25) is 0 Å². The molecule has 0 amide bonds. The van der Waals surface area contributed by atoms with Crippen molar-refractivity contribution in [3.05, 3.63) is 39.2 Å². The van der Waals surface area contributed by atoms with Crippen molar-refractivity contribution in [2.24, 2.45) is 0 Å². The summed E-state index contributed by atoms with van der Waals surface area (Å²) in [6.45, 7) is 4.28. The number of anilines is 1. The van der Waals surface area contributed by atoms with Crippen LogP contribution in [0.4, 0.5) is 5.69 Å². The van der Waals surface area contributed by atoms with E-state index in [1.807, 2.05) is 0 Å². The van der Waals surface area contributed by atoms with Crippen LogP contribution in [-0.2, 0) is 17.6 Å². The summed E-state index contributed by atoms with van der Waals surface area (Å²) in [5, 5.41) is 10.9. The molecule has 122 valence electrons. The molecule has 2 aliphatic rings. The van der Waals surface area contributed by atoms with E-state index in [-0.39, 0.29) is 5.56 Å². The molecule has 2 aliphatic heterocycles. The lowest BCUT2D eigenvalue weighted by molar-refractivity contribution is -0.0995. The van der Waals surface area contributed by atoms with E-state index in [9.17, 15) is 9.90 Å². The SMILES string of the molecule is CCOC(O)c1cc2cc3c4c(c2oc1=O)CCCN4CCC3. The van der Waals surface area contributed by atoms with E-state index in [2.05, 4.69) is 11.0 Å². The van der Waals surface area contributed by atoms with Gasteiger partial charge in [-0.3, -0.25) is 0 Å². The highest BCUT2D eigenvalue weighted by atomic mass is 16.6. The number of fused-ring (bicyclic) bond motifs is 2. The third-order valence-electron chi connectivity index (χ3n) is 4.83. The molecule has 5 nitrogen and oxygen atoms in total. The van der Waals surface area contributed by atoms with Crippen LogP contribution in [0.25, 0.3) is 11.0 Å². The van der Waals surface area contributed by atoms with Gasteiger partial charge in [-0.25, -0.2) is 4.79 Å². The molecule has 23 heavy (non-hydrogen) atoms. The Morgan fingerprint density at radius 2 is 2.09 bits per heavy atom. The topological polar surface area (TPSA) is 62.9 Å². The fourth-order valence-corrected chi connectivity index (χ4v) is 3.88. The first-order valence-corrected chi connectivity index (χ1v) is 8.36. The van der Waals surface area contributed by atoms with Crippen LogP contribution in [0.5, 0.6) is 0 Å². The van der Waals surface area contributed by atoms with Gasteiger partial charge in [0.25, 0.3) is 0 Å². The first-order chi connectivity index (χ1) is 11.2. The van der Waals surface area contributed by atoms with Crippen LogP contribution < -0.4 is 10.5 Å². The minimum absolute atomic E-state index is 0.176. The second-order valence-electron chi connectivity index (χ2n) is 6.27. The number of hydrogen-bond acceptors (Lipinski definition) is 5. The molecular weight excluding hydrogens is 294 g/mol. The Morgan fingerprint density at radius 1 is 1.30 bits per heavy atom. The number of aliphatic hydroxyl groups excluding tert-OH is 1. The second-order valence-corrected chi connectivity index (χ2v) is 6.27. The lowest BCUT2D eigenvalue weighted by atomic mass is 9.90. The van der Waals surface area contributed by atoms with Crippen molar-refractivity contribution in [2.75, 3.05) is 24.6 Å². The molecule has 0 radical (unpaired) electrons. The maximum atomic E-state index is 12.3. The van der Waals surface area contributed by atoms with Crippen molar-refractivity contribution in [1.82, 2.24) is 0 Å². The summed E-state index contributed by atoms with van der Waals surface area (Å²) < 4.78 is 10.8. The largest absolute Gasteiger partial charge is 0.422 e. The average Bonchev–Trinajstić information content (AvgIpc) is 2.56. The molecule has 5 heteroatoms. The summed E-state index contributed by atoms with van der Waals surface area (Å²) in [7, 11) is 0. The summed E-state index contributed by atoms with van der Waals surface area (Å²) in [6.07, 6.45) is 3.00. The normalized spacial score (nSPS) is 18.1. The molecule has 0 saturated carbocycles. The summed E-state index contributed by atoms with van der Waals surface area (Å²) in [5.74, 6) is 0. The van der Waals surface area contributed by atoms with Crippen LogP contribution in [0.3, 0.4) is 0 Å². The highest BCUT2D eigenvalue weighted by Crippen LogP contribution is 2.39. The standard InChI is InChI=1S/C18H21NO4/c1-2-22-17(20)14-10-12-9-11-5-3-7-19-8-4-6-13(15(11)19)16(12)23-18(14)21/h9-10,17,20H,2-8H2,1H3. The number of rotatable bonds is 3. The molecule has 2 aromatic rings. The van der Waals surface area contributed by atoms with Crippen LogP contribution in [0.1, 0.15) is 42.7 Å². The summed E-state index contributed by atoms with van der Waals surface area (Å²) in [4.78, 5) is 14.7. The van der Waals surface area contributed by atoms with Crippen LogP contribution >= 0.6 is 0 Å². The van der Waals surface area contributed by atoms with Gasteiger partial charge >= 0.3 is 5.63 Å². The number of nitrogens with zero attached hydrogens (tertiary/aromatic N) is 1. The third-order valence-corrected chi connectivity index (χ3v) is 4.83.